The van der Waals surface area contributed by atoms with Crippen LogP contribution in [0.3, 0.4) is 0 Å². The molecule has 122 valence electrons. The molecule has 0 aliphatic heterocycles. The topological polar surface area (TPSA) is 47.6 Å². The average molecular weight is 386 g/mol. The Kier molecular flexibility index (Phi) is 4.71. The van der Waals surface area contributed by atoms with Crippen LogP contribution < -0.4 is 14.8 Å². The van der Waals surface area contributed by atoms with Crippen LogP contribution >= 0.6 is 15.9 Å². The number of halogens is 1. The van der Waals surface area contributed by atoms with Gasteiger partial charge in [-0.15, -0.1) is 0 Å². The molecule has 3 rings (SSSR count). The summed E-state index contributed by atoms with van der Waals surface area (Å²) in [4.78, 5) is 12.7. The lowest BCUT2D eigenvalue weighted by Crippen LogP contribution is -2.13. The number of fused-ring (bicyclic) bond motifs is 1. The zero-order valence-electron chi connectivity index (χ0n) is 13.3. The number of carbonyl (C=O) groups excluding carboxylic acids is 1. The van der Waals surface area contributed by atoms with Crippen LogP contribution in [0, 0.1) is 0 Å². The number of benzene rings is 3. The maximum absolute atomic E-state index is 12.7. The molecular formula is C19H16BrNO3. The minimum Gasteiger partial charge on any atom is -0.497 e. The summed E-state index contributed by atoms with van der Waals surface area (Å²) in [5.74, 6) is 0.780. The molecule has 0 aromatic heterocycles. The summed E-state index contributed by atoms with van der Waals surface area (Å²) in [5, 5.41) is 5.09. The van der Waals surface area contributed by atoms with E-state index >= 15 is 0 Å². The first kappa shape index (κ1) is 16.3. The maximum Gasteiger partial charge on any atom is 0.259 e. The normalized spacial score (nSPS) is 10.5. The van der Waals surface area contributed by atoms with E-state index in [-0.39, 0.29) is 5.91 Å². The fraction of sp³-hybridized carbons (Fsp3) is 0.105. The Balaban J connectivity index is 1.95. The third-order valence-corrected chi connectivity index (χ3v) is 4.30. The lowest BCUT2D eigenvalue weighted by atomic mass is 10.1. The number of carbonyl (C=O) groups is 1. The van der Waals surface area contributed by atoms with Crippen LogP contribution in [0.25, 0.3) is 10.8 Å². The molecule has 5 heteroatoms. The smallest absolute Gasteiger partial charge is 0.259 e. The van der Waals surface area contributed by atoms with Crippen LogP contribution in [0.4, 0.5) is 5.69 Å². The first-order chi connectivity index (χ1) is 11.6. The van der Waals surface area contributed by atoms with Crippen molar-refractivity contribution in [1.29, 1.82) is 0 Å². The summed E-state index contributed by atoms with van der Waals surface area (Å²) >= 11 is 3.40. The standard InChI is InChI=1S/C19H16BrNO3/c1-23-15-10-16(18(24-2)17(20)11-15)19(22)21-14-8-7-12-5-3-4-6-13(12)9-14/h3-11H,1-2H3,(H,21,22). The third-order valence-electron chi connectivity index (χ3n) is 3.71. The molecular weight excluding hydrogens is 370 g/mol. The molecule has 0 radical (unpaired) electrons. The molecule has 0 aliphatic rings. The van der Waals surface area contributed by atoms with Crippen molar-refractivity contribution in [2.75, 3.05) is 19.5 Å². The van der Waals surface area contributed by atoms with Crippen molar-refractivity contribution in [1.82, 2.24) is 0 Å². The number of amides is 1. The fourth-order valence-corrected chi connectivity index (χ4v) is 3.13. The molecule has 0 unspecified atom stereocenters. The molecule has 0 spiro atoms. The Morgan fingerprint density at radius 3 is 2.42 bits per heavy atom. The summed E-state index contributed by atoms with van der Waals surface area (Å²) in [6.07, 6.45) is 0. The summed E-state index contributed by atoms with van der Waals surface area (Å²) in [7, 11) is 3.08. The average Bonchev–Trinajstić information content (AvgIpc) is 2.60. The number of anilines is 1. The minimum absolute atomic E-state index is 0.262. The molecule has 0 bridgehead atoms. The molecule has 1 N–H and O–H groups in total. The molecule has 0 fully saturated rings. The molecule has 1 amide bonds. The predicted molar refractivity (Wildman–Crippen MR) is 99.1 cm³/mol. The molecule has 3 aromatic carbocycles. The molecule has 0 saturated heterocycles. The van der Waals surface area contributed by atoms with Crippen LogP contribution in [0.2, 0.25) is 0 Å². The molecule has 4 nitrogen and oxygen atoms in total. The Morgan fingerprint density at radius 2 is 1.71 bits per heavy atom. The Labute approximate surface area is 148 Å². The van der Waals surface area contributed by atoms with Crippen molar-refractivity contribution in [3.8, 4) is 11.5 Å². The predicted octanol–water partition coefficient (Wildman–Crippen LogP) is 4.87. The SMILES string of the molecule is COc1cc(Br)c(OC)c(C(=O)Nc2ccc3ccccc3c2)c1. The van der Waals surface area contributed by atoms with E-state index in [0.29, 0.717) is 21.5 Å². The molecule has 3 aromatic rings. The van der Waals surface area contributed by atoms with Crippen LogP contribution in [-0.2, 0) is 0 Å². The largest absolute Gasteiger partial charge is 0.497 e. The van der Waals surface area contributed by atoms with Crippen molar-refractivity contribution in [2.24, 2.45) is 0 Å². The van der Waals surface area contributed by atoms with Crippen molar-refractivity contribution in [3.05, 3.63) is 64.6 Å². The highest BCUT2D eigenvalue weighted by atomic mass is 79.9. The van der Waals surface area contributed by atoms with Crippen molar-refractivity contribution in [2.45, 2.75) is 0 Å². The van der Waals surface area contributed by atoms with E-state index < -0.39 is 0 Å². The lowest BCUT2D eigenvalue weighted by molar-refractivity contribution is 0.102. The second-order valence-electron chi connectivity index (χ2n) is 5.21. The lowest BCUT2D eigenvalue weighted by Gasteiger charge is -2.13. The Bertz CT molecular complexity index is 908. The van der Waals surface area contributed by atoms with Gasteiger partial charge in [-0.3, -0.25) is 4.79 Å². The Morgan fingerprint density at radius 1 is 0.958 bits per heavy atom. The second kappa shape index (κ2) is 6.93. The van der Waals surface area contributed by atoms with Gasteiger partial charge in [0, 0.05) is 5.69 Å². The summed E-state index contributed by atoms with van der Waals surface area (Å²) in [5.41, 5.74) is 1.12. The number of hydrogen-bond donors (Lipinski definition) is 1. The van der Waals surface area contributed by atoms with Gasteiger partial charge in [-0.1, -0.05) is 30.3 Å². The van der Waals surface area contributed by atoms with Gasteiger partial charge in [0.05, 0.1) is 24.3 Å². The van der Waals surface area contributed by atoms with Crippen molar-refractivity contribution < 1.29 is 14.3 Å². The molecule has 0 heterocycles. The third kappa shape index (κ3) is 3.21. The van der Waals surface area contributed by atoms with Crippen LogP contribution in [0.5, 0.6) is 11.5 Å². The van der Waals surface area contributed by atoms with Gasteiger partial charge >= 0.3 is 0 Å². The maximum atomic E-state index is 12.7. The van der Waals surface area contributed by atoms with E-state index in [9.17, 15) is 4.79 Å². The van der Waals surface area contributed by atoms with E-state index in [1.54, 1.807) is 19.2 Å². The number of hydrogen-bond acceptors (Lipinski definition) is 3. The number of nitrogens with one attached hydrogen (secondary N) is 1. The molecule has 0 aliphatic carbocycles. The molecule has 0 atom stereocenters. The van der Waals surface area contributed by atoms with Crippen LogP contribution in [-0.4, -0.2) is 20.1 Å². The van der Waals surface area contributed by atoms with E-state index in [2.05, 4.69) is 21.2 Å². The fourth-order valence-electron chi connectivity index (χ4n) is 2.53. The first-order valence-corrected chi connectivity index (χ1v) is 8.13. The Hall–Kier alpha value is -2.53. The van der Waals surface area contributed by atoms with Gasteiger partial charge < -0.3 is 14.8 Å². The number of methoxy groups -OCH3 is 2. The van der Waals surface area contributed by atoms with Gasteiger partial charge in [-0.2, -0.15) is 0 Å². The minimum atomic E-state index is -0.262. The van der Waals surface area contributed by atoms with Crippen molar-refractivity contribution in [3.63, 3.8) is 0 Å². The zero-order valence-corrected chi connectivity index (χ0v) is 14.9. The van der Waals surface area contributed by atoms with Crippen LogP contribution in [0.15, 0.2) is 59.1 Å². The number of rotatable bonds is 4. The summed E-state index contributed by atoms with van der Waals surface area (Å²) in [6, 6.07) is 17.2. The highest BCUT2D eigenvalue weighted by molar-refractivity contribution is 9.10. The highest BCUT2D eigenvalue weighted by Gasteiger charge is 2.17. The quantitative estimate of drug-likeness (QED) is 0.696. The van der Waals surface area contributed by atoms with E-state index in [1.165, 1.54) is 7.11 Å². The van der Waals surface area contributed by atoms with E-state index in [1.807, 2.05) is 42.5 Å². The number of ether oxygens (including phenoxy) is 2. The summed E-state index contributed by atoms with van der Waals surface area (Å²) in [6.45, 7) is 0. The van der Waals surface area contributed by atoms with Crippen molar-refractivity contribution >= 4 is 38.3 Å². The van der Waals surface area contributed by atoms with Gasteiger partial charge in [0.2, 0.25) is 0 Å². The second-order valence-corrected chi connectivity index (χ2v) is 6.06. The monoisotopic (exact) mass is 385 g/mol. The van der Waals surface area contributed by atoms with Gasteiger partial charge in [0.15, 0.2) is 0 Å². The van der Waals surface area contributed by atoms with Gasteiger partial charge in [-0.25, -0.2) is 0 Å². The van der Waals surface area contributed by atoms with Gasteiger partial charge in [0.25, 0.3) is 5.91 Å². The van der Waals surface area contributed by atoms with Gasteiger partial charge in [-0.05, 0) is 51.0 Å². The molecule has 24 heavy (non-hydrogen) atoms. The highest BCUT2D eigenvalue weighted by Crippen LogP contribution is 2.34. The first-order valence-electron chi connectivity index (χ1n) is 7.34. The summed E-state index contributed by atoms with van der Waals surface area (Å²) < 4.78 is 11.2. The van der Waals surface area contributed by atoms with E-state index in [0.717, 1.165) is 16.5 Å². The van der Waals surface area contributed by atoms with Gasteiger partial charge in [0.1, 0.15) is 11.5 Å². The van der Waals surface area contributed by atoms with E-state index in [4.69, 9.17) is 9.47 Å². The van der Waals surface area contributed by atoms with Crippen LogP contribution in [0.1, 0.15) is 10.4 Å². The molecule has 0 saturated carbocycles. The zero-order chi connectivity index (χ0) is 17.1.